The molecule has 1 aliphatic heterocycles. The van der Waals surface area contributed by atoms with E-state index < -0.39 is 0 Å². The van der Waals surface area contributed by atoms with Gasteiger partial charge in [-0.2, -0.15) is 0 Å². The van der Waals surface area contributed by atoms with Crippen LogP contribution in [0.3, 0.4) is 0 Å². The maximum absolute atomic E-state index is 12.1. The minimum absolute atomic E-state index is 0.0296. The Balaban J connectivity index is 2.54. The van der Waals surface area contributed by atoms with Crippen molar-refractivity contribution in [2.75, 3.05) is 40.0 Å². The lowest BCUT2D eigenvalue weighted by Gasteiger charge is -2.25. The molecule has 1 amide bonds. The Morgan fingerprint density at radius 3 is 2.94 bits per heavy atom. The molecule has 0 aromatic carbocycles. The fraction of sp³-hybridized carbons (Fsp3) is 0.727. The van der Waals surface area contributed by atoms with Crippen molar-refractivity contribution in [2.24, 2.45) is 11.7 Å². The number of hydrogen-bond acceptors (Lipinski definition) is 4. The number of hydrogen-bond donors (Lipinski definition) is 1. The lowest BCUT2D eigenvalue weighted by Crippen LogP contribution is -2.44. The van der Waals surface area contributed by atoms with Crippen LogP contribution in [0.4, 0.5) is 0 Å². The van der Waals surface area contributed by atoms with E-state index in [1.165, 1.54) is 0 Å². The minimum atomic E-state index is -0.225. The SMILES string of the molecule is C=CCN(CCOC)C(=O)C1COCC1N. The first-order valence-corrected chi connectivity index (χ1v) is 5.42. The number of carbonyl (C=O) groups excluding carboxylic acids is 1. The Bertz CT molecular complexity index is 245. The van der Waals surface area contributed by atoms with Crippen LogP contribution in [0.2, 0.25) is 0 Å². The standard InChI is InChI=1S/C11H20N2O3/c1-3-4-13(5-6-15-2)11(14)9-7-16-8-10(9)12/h3,9-10H,1,4-8,12H2,2H3. The van der Waals surface area contributed by atoms with Crippen molar-refractivity contribution in [3.05, 3.63) is 12.7 Å². The average Bonchev–Trinajstić information content (AvgIpc) is 2.69. The number of nitrogens with two attached hydrogens (primary N) is 1. The lowest BCUT2D eigenvalue weighted by molar-refractivity contribution is -0.135. The van der Waals surface area contributed by atoms with Crippen molar-refractivity contribution in [2.45, 2.75) is 6.04 Å². The van der Waals surface area contributed by atoms with E-state index in [0.717, 1.165) is 0 Å². The molecule has 0 bridgehead atoms. The van der Waals surface area contributed by atoms with Crippen LogP contribution in [0.15, 0.2) is 12.7 Å². The summed E-state index contributed by atoms with van der Waals surface area (Å²) in [5.41, 5.74) is 5.81. The monoisotopic (exact) mass is 228 g/mol. The average molecular weight is 228 g/mol. The highest BCUT2D eigenvalue weighted by atomic mass is 16.5. The van der Waals surface area contributed by atoms with E-state index in [4.69, 9.17) is 15.2 Å². The fourth-order valence-corrected chi connectivity index (χ4v) is 1.71. The molecular weight excluding hydrogens is 208 g/mol. The van der Waals surface area contributed by atoms with Gasteiger partial charge in [-0.3, -0.25) is 4.79 Å². The lowest BCUT2D eigenvalue weighted by atomic mass is 10.0. The third kappa shape index (κ3) is 3.30. The molecule has 5 heteroatoms. The third-order valence-electron chi connectivity index (χ3n) is 2.67. The van der Waals surface area contributed by atoms with Gasteiger partial charge in [-0.25, -0.2) is 0 Å². The number of amides is 1. The van der Waals surface area contributed by atoms with Crippen molar-refractivity contribution in [3.8, 4) is 0 Å². The Labute approximate surface area is 96.2 Å². The van der Waals surface area contributed by atoms with Gasteiger partial charge >= 0.3 is 0 Å². The maximum atomic E-state index is 12.1. The Kier molecular flexibility index (Phi) is 5.45. The van der Waals surface area contributed by atoms with Crippen LogP contribution in [0.5, 0.6) is 0 Å². The summed E-state index contributed by atoms with van der Waals surface area (Å²) >= 11 is 0. The molecular formula is C11H20N2O3. The van der Waals surface area contributed by atoms with Gasteiger partial charge in [0.25, 0.3) is 0 Å². The van der Waals surface area contributed by atoms with Crippen LogP contribution in [-0.4, -0.2) is 56.9 Å². The summed E-state index contributed by atoms with van der Waals surface area (Å²) in [6.07, 6.45) is 1.70. The summed E-state index contributed by atoms with van der Waals surface area (Å²) in [4.78, 5) is 13.8. The number of nitrogens with zero attached hydrogens (tertiary/aromatic N) is 1. The van der Waals surface area contributed by atoms with Crippen LogP contribution in [-0.2, 0) is 14.3 Å². The van der Waals surface area contributed by atoms with Crippen LogP contribution >= 0.6 is 0 Å². The van der Waals surface area contributed by atoms with E-state index in [0.29, 0.717) is 32.9 Å². The first-order chi connectivity index (χ1) is 7.70. The number of carbonyl (C=O) groups is 1. The third-order valence-corrected chi connectivity index (χ3v) is 2.67. The van der Waals surface area contributed by atoms with Crippen LogP contribution in [0, 0.1) is 5.92 Å². The molecule has 0 aromatic rings. The first-order valence-electron chi connectivity index (χ1n) is 5.42. The summed E-state index contributed by atoms with van der Waals surface area (Å²) in [6.45, 7) is 6.11. The predicted molar refractivity (Wildman–Crippen MR) is 60.9 cm³/mol. The molecule has 1 heterocycles. The predicted octanol–water partition coefficient (Wildman–Crippen LogP) is -0.379. The molecule has 2 unspecified atom stereocenters. The smallest absolute Gasteiger partial charge is 0.230 e. The molecule has 2 N–H and O–H groups in total. The highest BCUT2D eigenvalue weighted by Crippen LogP contribution is 2.14. The number of ether oxygens (including phenoxy) is 2. The van der Waals surface area contributed by atoms with Gasteiger partial charge < -0.3 is 20.1 Å². The quantitative estimate of drug-likeness (QED) is 0.629. The number of rotatable bonds is 6. The van der Waals surface area contributed by atoms with Crippen molar-refractivity contribution in [3.63, 3.8) is 0 Å². The maximum Gasteiger partial charge on any atom is 0.230 e. The van der Waals surface area contributed by atoms with Gasteiger partial charge in [0.05, 0.1) is 25.7 Å². The second kappa shape index (κ2) is 6.62. The Hall–Kier alpha value is -0.910. The van der Waals surface area contributed by atoms with E-state index in [9.17, 15) is 4.79 Å². The molecule has 5 nitrogen and oxygen atoms in total. The van der Waals surface area contributed by atoms with Crippen molar-refractivity contribution >= 4 is 5.91 Å². The topological polar surface area (TPSA) is 64.8 Å². The van der Waals surface area contributed by atoms with E-state index in [1.807, 2.05) is 0 Å². The van der Waals surface area contributed by atoms with Crippen molar-refractivity contribution in [1.29, 1.82) is 0 Å². The summed E-state index contributed by atoms with van der Waals surface area (Å²) in [6, 6.07) is -0.192. The van der Waals surface area contributed by atoms with Crippen molar-refractivity contribution in [1.82, 2.24) is 4.90 Å². The molecule has 1 aliphatic rings. The highest BCUT2D eigenvalue weighted by molar-refractivity contribution is 5.80. The molecule has 92 valence electrons. The van der Waals surface area contributed by atoms with Crippen LogP contribution in [0.1, 0.15) is 0 Å². The van der Waals surface area contributed by atoms with Crippen LogP contribution < -0.4 is 5.73 Å². The minimum Gasteiger partial charge on any atom is -0.383 e. The zero-order valence-electron chi connectivity index (χ0n) is 9.72. The van der Waals surface area contributed by atoms with Gasteiger partial charge in [-0.1, -0.05) is 6.08 Å². The molecule has 0 radical (unpaired) electrons. The Morgan fingerprint density at radius 2 is 2.44 bits per heavy atom. The molecule has 1 fully saturated rings. The summed E-state index contributed by atoms with van der Waals surface area (Å²) in [7, 11) is 1.61. The number of methoxy groups -OCH3 is 1. The molecule has 0 aliphatic carbocycles. The second-order valence-electron chi connectivity index (χ2n) is 3.87. The van der Waals surface area contributed by atoms with Crippen LogP contribution in [0.25, 0.3) is 0 Å². The van der Waals surface area contributed by atoms with E-state index in [1.54, 1.807) is 18.1 Å². The largest absolute Gasteiger partial charge is 0.383 e. The highest BCUT2D eigenvalue weighted by Gasteiger charge is 2.33. The Morgan fingerprint density at radius 1 is 1.69 bits per heavy atom. The molecule has 1 saturated heterocycles. The molecule has 0 saturated carbocycles. The molecule has 2 atom stereocenters. The van der Waals surface area contributed by atoms with E-state index in [2.05, 4.69) is 6.58 Å². The normalized spacial score (nSPS) is 24.4. The molecule has 1 rings (SSSR count). The first kappa shape index (κ1) is 13.2. The summed E-state index contributed by atoms with van der Waals surface area (Å²) < 4.78 is 10.2. The molecule has 0 spiro atoms. The second-order valence-corrected chi connectivity index (χ2v) is 3.87. The van der Waals surface area contributed by atoms with Gasteiger partial charge in [-0.05, 0) is 0 Å². The van der Waals surface area contributed by atoms with E-state index in [-0.39, 0.29) is 17.9 Å². The fourth-order valence-electron chi connectivity index (χ4n) is 1.71. The summed E-state index contributed by atoms with van der Waals surface area (Å²) in [5, 5.41) is 0. The van der Waals surface area contributed by atoms with Gasteiger partial charge in [-0.15, -0.1) is 6.58 Å². The zero-order chi connectivity index (χ0) is 12.0. The van der Waals surface area contributed by atoms with Gasteiger partial charge in [0.1, 0.15) is 0 Å². The molecule has 0 aromatic heterocycles. The zero-order valence-corrected chi connectivity index (χ0v) is 9.72. The molecule has 16 heavy (non-hydrogen) atoms. The van der Waals surface area contributed by atoms with E-state index >= 15 is 0 Å². The summed E-state index contributed by atoms with van der Waals surface area (Å²) in [5.74, 6) is -0.196. The van der Waals surface area contributed by atoms with Gasteiger partial charge in [0.15, 0.2) is 0 Å². The van der Waals surface area contributed by atoms with Crippen molar-refractivity contribution < 1.29 is 14.3 Å². The van der Waals surface area contributed by atoms with Gasteiger partial charge in [0.2, 0.25) is 5.91 Å². The van der Waals surface area contributed by atoms with Gasteiger partial charge in [0, 0.05) is 26.2 Å².